The standard InChI is InChI=1S/C11H13N5O2/c1-8(6-16-5-4-12-7-16)13-11(18)9-2-3-10(17)15-14-9/h2-5,7-8H,6H2,1H3,(H,13,18)(H,15,17)/t8-/m1/s1. The Hall–Kier alpha value is -2.44. The number of nitrogens with zero attached hydrogens (tertiary/aromatic N) is 3. The van der Waals surface area contributed by atoms with E-state index in [4.69, 9.17) is 0 Å². The molecule has 0 bridgehead atoms. The fourth-order valence-electron chi connectivity index (χ4n) is 1.53. The van der Waals surface area contributed by atoms with Gasteiger partial charge < -0.3 is 9.88 Å². The Morgan fingerprint density at radius 1 is 1.56 bits per heavy atom. The van der Waals surface area contributed by atoms with Gasteiger partial charge in [0.15, 0.2) is 0 Å². The molecule has 0 aliphatic rings. The number of rotatable bonds is 4. The first kappa shape index (κ1) is 12.0. The van der Waals surface area contributed by atoms with Gasteiger partial charge in [0.25, 0.3) is 11.5 Å². The lowest BCUT2D eigenvalue weighted by Crippen LogP contribution is -2.36. The number of carbonyl (C=O) groups is 1. The summed E-state index contributed by atoms with van der Waals surface area (Å²) in [5.74, 6) is -0.320. The van der Waals surface area contributed by atoms with Gasteiger partial charge in [0.1, 0.15) is 5.69 Å². The van der Waals surface area contributed by atoms with E-state index in [1.807, 2.05) is 17.7 Å². The van der Waals surface area contributed by atoms with Crippen molar-refractivity contribution in [1.82, 2.24) is 25.1 Å². The van der Waals surface area contributed by atoms with Gasteiger partial charge in [-0.3, -0.25) is 9.59 Å². The number of aromatic amines is 1. The third-order valence-electron chi connectivity index (χ3n) is 2.33. The van der Waals surface area contributed by atoms with E-state index < -0.39 is 0 Å². The van der Waals surface area contributed by atoms with Crippen LogP contribution in [0.25, 0.3) is 0 Å². The van der Waals surface area contributed by atoms with Crippen LogP contribution in [0.15, 0.2) is 35.6 Å². The Balaban J connectivity index is 1.94. The zero-order valence-corrected chi connectivity index (χ0v) is 9.83. The molecule has 0 aromatic carbocycles. The molecule has 0 saturated carbocycles. The van der Waals surface area contributed by atoms with E-state index in [1.54, 1.807) is 12.5 Å². The molecule has 7 nitrogen and oxygen atoms in total. The average Bonchev–Trinajstić information content (AvgIpc) is 2.82. The van der Waals surface area contributed by atoms with E-state index in [-0.39, 0.29) is 23.2 Å². The Kier molecular flexibility index (Phi) is 3.52. The minimum Gasteiger partial charge on any atom is -0.346 e. The molecule has 2 aromatic heterocycles. The lowest BCUT2D eigenvalue weighted by Gasteiger charge is -2.13. The minimum absolute atomic E-state index is 0.0690. The number of carbonyl (C=O) groups excluding carboxylic acids is 1. The molecule has 1 atom stereocenters. The molecule has 0 unspecified atom stereocenters. The first-order chi connectivity index (χ1) is 8.65. The highest BCUT2D eigenvalue weighted by atomic mass is 16.2. The molecular weight excluding hydrogens is 234 g/mol. The molecule has 2 heterocycles. The molecular formula is C11H13N5O2. The van der Waals surface area contributed by atoms with E-state index in [1.165, 1.54) is 12.1 Å². The lowest BCUT2D eigenvalue weighted by molar-refractivity contribution is 0.0930. The molecule has 2 N–H and O–H groups in total. The van der Waals surface area contributed by atoms with Crippen LogP contribution in [0.3, 0.4) is 0 Å². The van der Waals surface area contributed by atoms with Crippen molar-refractivity contribution in [2.45, 2.75) is 19.5 Å². The molecule has 94 valence electrons. The number of amides is 1. The number of H-pyrrole nitrogens is 1. The van der Waals surface area contributed by atoms with Crippen LogP contribution >= 0.6 is 0 Å². The molecule has 1 amide bonds. The first-order valence-corrected chi connectivity index (χ1v) is 5.47. The Morgan fingerprint density at radius 3 is 3.00 bits per heavy atom. The van der Waals surface area contributed by atoms with Crippen LogP contribution in [0.4, 0.5) is 0 Å². The molecule has 2 rings (SSSR count). The summed E-state index contributed by atoms with van der Waals surface area (Å²) in [7, 11) is 0. The van der Waals surface area contributed by atoms with Crippen molar-refractivity contribution in [2.24, 2.45) is 0 Å². The van der Waals surface area contributed by atoms with Crippen molar-refractivity contribution in [3.63, 3.8) is 0 Å². The van der Waals surface area contributed by atoms with Gasteiger partial charge in [0.2, 0.25) is 0 Å². The summed E-state index contributed by atoms with van der Waals surface area (Å²) >= 11 is 0. The van der Waals surface area contributed by atoms with Gasteiger partial charge in [-0.15, -0.1) is 0 Å². The number of hydrogen-bond donors (Lipinski definition) is 2. The van der Waals surface area contributed by atoms with Crippen LogP contribution in [0.5, 0.6) is 0 Å². The van der Waals surface area contributed by atoms with Crippen LogP contribution in [-0.4, -0.2) is 31.7 Å². The van der Waals surface area contributed by atoms with Crippen molar-refractivity contribution in [1.29, 1.82) is 0 Å². The predicted octanol–water partition coefficient (Wildman–Crippen LogP) is -0.215. The maximum atomic E-state index is 11.8. The predicted molar refractivity (Wildman–Crippen MR) is 64.0 cm³/mol. The Labute approximate surface area is 103 Å². The van der Waals surface area contributed by atoms with Crippen molar-refractivity contribution >= 4 is 5.91 Å². The van der Waals surface area contributed by atoms with Gasteiger partial charge in [-0.05, 0) is 13.0 Å². The van der Waals surface area contributed by atoms with Crippen molar-refractivity contribution in [3.05, 3.63) is 46.9 Å². The number of aromatic nitrogens is 4. The van der Waals surface area contributed by atoms with E-state index in [0.29, 0.717) is 6.54 Å². The molecule has 0 aliphatic carbocycles. The summed E-state index contributed by atoms with van der Waals surface area (Å²) < 4.78 is 1.87. The maximum absolute atomic E-state index is 11.8. The quantitative estimate of drug-likeness (QED) is 0.781. The van der Waals surface area contributed by atoms with E-state index in [2.05, 4.69) is 20.5 Å². The molecule has 0 spiro atoms. The van der Waals surface area contributed by atoms with Gasteiger partial charge in [-0.2, -0.15) is 5.10 Å². The summed E-state index contributed by atoms with van der Waals surface area (Å²) in [6.45, 7) is 2.50. The maximum Gasteiger partial charge on any atom is 0.271 e. The van der Waals surface area contributed by atoms with Crippen LogP contribution in [0.2, 0.25) is 0 Å². The molecule has 7 heteroatoms. The van der Waals surface area contributed by atoms with Gasteiger partial charge in [-0.1, -0.05) is 0 Å². The molecule has 0 saturated heterocycles. The third-order valence-corrected chi connectivity index (χ3v) is 2.33. The zero-order valence-electron chi connectivity index (χ0n) is 9.83. The Bertz CT molecular complexity index is 555. The van der Waals surface area contributed by atoms with Crippen molar-refractivity contribution in [2.75, 3.05) is 0 Å². The number of hydrogen-bond acceptors (Lipinski definition) is 4. The van der Waals surface area contributed by atoms with Gasteiger partial charge in [-0.25, -0.2) is 10.1 Å². The van der Waals surface area contributed by atoms with Crippen LogP contribution in [-0.2, 0) is 6.54 Å². The summed E-state index contributed by atoms with van der Waals surface area (Å²) in [6.07, 6.45) is 5.18. The van der Waals surface area contributed by atoms with E-state index in [9.17, 15) is 9.59 Å². The van der Waals surface area contributed by atoms with Crippen LogP contribution in [0, 0.1) is 0 Å². The monoisotopic (exact) mass is 247 g/mol. The van der Waals surface area contributed by atoms with E-state index >= 15 is 0 Å². The largest absolute Gasteiger partial charge is 0.346 e. The second-order valence-corrected chi connectivity index (χ2v) is 3.94. The molecule has 0 fully saturated rings. The lowest BCUT2D eigenvalue weighted by atomic mass is 10.3. The van der Waals surface area contributed by atoms with Gasteiger partial charge in [0.05, 0.1) is 6.33 Å². The second kappa shape index (κ2) is 5.26. The summed E-state index contributed by atoms with van der Waals surface area (Å²) in [4.78, 5) is 26.5. The highest BCUT2D eigenvalue weighted by Gasteiger charge is 2.11. The zero-order chi connectivity index (χ0) is 13.0. The van der Waals surface area contributed by atoms with Gasteiger partial charge >= 0.3 is 0 Å². The van der Waals surface area contributed by atoms with Gasteiger partial charge in [0, 0.05) is 31.0 Å². The highest BCUT2D eigenvalue weighted by Crippen LogP contribution is 1.95. The molecule has 0 radical (unpaired) electrons. The number of nitrogens with one attached hydrogen (secondary N) is 2. The SMILES string of the molecule is C[C@H](Cn1ccnc1)NC(=O)c1ccc(=O)[nH]n1. The fourth-order valence-corrected chi connectivity index (χ4v) is 1.53. The highest BCUT2D eigenvalue weighted by molar-refractivity contribution is 5.92. The molecule has 2 aromatic rings. The van der Waals surface area contributed by atoms with Crippen LogP contribution < -0.4 is 10.9 Å². The minimum atomic E-state index is -0.335. The second-order valence-electron chi connectivity index (χ2n) is 3.94. The first-order valence-electron chi connectivity index (χ1n) is 5.47. The topological polar surface area (TPSA) is 92.7 Å². The van der Waals surface area contributed by atoms with Crippen LogP contribution in [0.1, 0.15) is 17.4 Å². The molecule has 0 aliphatic heterocycles. The molecule has 18 heavy (non-hydrogen) atoms. The fraction of sp³-hybridized carbons (Fsp3) is 0.273. The van der Waals surface area contributed by atoms with E-state index in [0.717, 1.165) is 0 Å². The third kappa shape index (κ3) is 3.03. The summed E-state index contributed by atoms with van der Waals surface area (Å²) in [5.41, 5.74) is -0.148. The summed E-state index contributed by atoms with van der Waals surface area (Å²) in [6, 6.07) is 2.58. The normalized spacial score (nSPS) is 12.1. The smallest absolute Gasteiger partial charge is 0.271 e. The Morgan fingerprint density at radius 2 is 2.39 bits per heavy atom. The van der Waals surface area contributed by atoms with Crippen molar-refractivity contribution in [3.8, 4) is 0 Å². The average molecular weight is 247 g/mol. The summed E-state index contributed by atoms with van der Waals surface area (Å²) in [5, 5.41) is 8.66. The van der Waals surface area contributed by atoms with Crippen molar-refractivity contribution < 1.29 is 4.79 Å². The number of imidazole rings is 1.